The summed E-state index contributed by atoms with van der Waals surface area (Å²) in [6, 6.07) is 4.20. The lowest BCUT2D eigenvalue weighted by Gasteiger charge is -2.30. The largest absolute Gasteiger partial charge is 0.365 e. The van der Waals surface area contributed by atoms with E-state index in [1.807, 2.05) is 19.2 Å². The third-order valence-corrected chi connectivity index (χ3v) is 3.39. The molecule has 0 unspecified atom stereocenters. The van der Waals surface area contributed by atoms with Gasteiger partial charge in [0, 0.05) is 13.2 Å². The van der Waals surface area contributed by atoms with Crippen LogP contribution in [0.4, 0.5) is 5.69 Å². The minimum absolute atomic E-state index is 0.417. The van der Waals surface area contributed by atoms with E-state index < -0.39 is 0 Å². The van der Waals surface area contributed by atoms with E-state index in [1.165, 1.54) is 11.4 Å². The highest BCUT2D eigenvalue weighted by Crippen LogP contribution is 2.35. The number of aromatic nitrogens is 3. The van der Waals surface area contributed by atoms with Gasteiger partial charge in [-0.3, -0.25) is 4.98 Å². The second kappa shape index (κ2) is 3.83. The standard InChI is InChI=1S/C14H18N4/c1-9(2)13-14-12(5-6-15-13)18-11(8-17(14)4)7-10(3)16-18/h5-7,9H,8H2,1-4H3. The molecule has 18 heavy (non-hydrogen) atoms. The molecule has 0 fully saturated rings. The van der Waals surface area contributed by atoms with Gasteiger partial charge in [0.15, 0.2) is 0 Å². The average Bonchev–Trinajstić information content (AvgIpc) is 2.69. The minimum Gasteiger partial charge on any atom is -0.365 e. The maximum atomic E-state index is 4.59. The first-order valence-electron chi connectivity index (χ1n) is 6.34. The number of anilines is 1. The quantitative estimate of drug-likeness (QED) is 0.771. The van der Waals surface area contributed by atoms with E-state index in [-0.39, 0.29) is 0 Å². The zero-order valence-corrected chi connectivity index (χ0v) is 11.3. The van der Waals surface area contributed by atoms with Crippen LogP contribution in [0, 0.1) is 6.92 Å². The highest BCUT2D eigenvalue weighted by Gasteiger charge is 2.25. The lowest BCUT2D eigenvalue weighted by atomic mass is 10.0. The van der Waals surface area contributed by atoms with E-state index in [1.54, 1.807) is 0 Å². The van der Waals surface area contributed by atoms with Crippen LogP contribution in [-0.4, -0.2) is 21.8 Å². The van der Waals surface area contributed by atoms with Crippen LogP contribution in [0.25, 0.3) is 5.69 Å². The van der Waals surface area contributed by atoms with Crippen LogP contribution in [0.5, 0.6) is 0 Å². The maximum absolute atomic E-state index is 4.59. The molecule has 2 aromatic rings. The molecule has 0 amide bonds. The Morgan fingerprint density at radius 3 is 2.83 bits per heavy atom. The Bertz CT molecular complexity index is 598. The number of fused-ring (bicyclic) bond motifs is 3. The zero-order valence-electron chi connectivity index (χ0n) is 11.3. The summed E-state index contributed by atoms with van der Waals surface area (Å²) in [5, 5.41) is 4.59. The molecule has 4 heteroatoms. The molecular weight excluding hydrogens is 224 g/mol. The van der Waals surface area contributed by atoms with Gasteiger partial charge in [0.05, 0.1) is 35.0 Å². The van der Waals surface area contributed by atoms with Gasteiger partial charge < -0.3 is 4.90 Å². The lowest BCUT2D eigenvalue weighted by molar-refractivity contribution is 0.712. The molecule has 0 saturated heterocycles. The minimum atomic E-state index is 0.417. The smallest absolute Gasteiger partial charge is 0.0917 e. The van der Waals surface area contributed by atoms with Crippen LogP contribution < -0.4 is 4.90 Å². The summed E-state index contributed by atoms with van der Waals surface area (Å²) in [5.74, 6) is 0.417. The number of nitrogens with zero attached hydrogens (tertiary/aromatic N) is 4. The van der Waals surface area contributed by atoms with Crippen molar-refractivity contribution in [3.63, 3.8) is 0 Å². The zero-order chi connectivity index (χ0) is 12.9. The van der Waals surface area contributed by atoms with Gasteiger partial charge in [0.2, 0.25) is 0 Å². The van der Waals surface area contributed by atoms with Crippen LogP contribution in [-0.2, 0) is 6.54 Å². The fourth-order valence-electron chi connectivity index (χ4n) is 2.64. The number of pyridine rings is 1. The van der Waals surface area contributed by atoms with Gasteiger partial charge in [-0.2, -0.15) is 5.10 Å². The second-order valence-corrected chi connectivity index (χ2v) is 5.26. The van der Waals surface area contributed by atoms with Gasteiger partial charge in [-0.25, -0.2) is 4.68 Å². The van der Waals surface area contributed by atoms with Crippen molar-refractivity contribution in [1.82, 2.24) is 14.8 Å². The van der Waals surface area contributed by atoms with E-state index in [2.05, 4.69) is 46.6 Å². The molecule has 0 saturated carbocycles. The third-order valence-electron chi connectivity index (χ3n) is 3.39. The number of aryl methyl sites for hydroxylation is 1. The van der Waals surface area contributed by atoms with Crippen LogP contribution in [0.2, 0.25) is 0 Å². The van der Waals surface area contributed by atoms with Gasteiger partial charge in [0.25, 0.3) is 0 Å². The molecule has 0 N–H and O–H groups in total. The van der Waals surface area contributed by atoms with Crippen molar-refractivity contribution >= 4 is 5.69 Å². The summed E-state index contributed by atoms with van der Waals surface area (Å²) in [7, 11) is 2.12. The highest BCUT2D eigenvalue weighted by atomic mass is 15.3. The van der Waals surface area contributed by atoms with Crippen LogP contribution in [0.3, 0.4) is 0 Å². The van der Waals surface area contributed by atoms with Crippen molar-refractivity contribution in [2.45, 2.75) is 33.2 Å². The average molecular weight is 242 g/mol. The summed E-state index contributed by atoms with van der Waals surface area (Å²) in [5.41, 5.74) is 5.81. The molecule has 2 aromatic heterocycles. The number of hydrogen-bond acceptors (Lipinski definition) is 3. The summed E-state index contributed by atoms with van der Waals surface area (Å²) >= 11 is 0. The van der Waals surface area contributed by atoms with E-state index in [9.17, 15) is 0 Å². The fraction of sp³-hybridized carbons (Fsp3) is 0.429. The predicted molar refractivity (Wildman–Crippen MR) is 72.3 cm³/mol. The van der Waals surface area contributed by atoms with Crippen LogP contribution in [0.15, 0.2) is 18.3 Å². The van der Waals surface area contributed by atoms with Gasteiger partial charge in [-0.05, 0) is 25.0 Å². The molecule has 0 atom stereocenters. The van der Waals surface area contributed by atoms with Crippen molar-refractivity contribution in [2.75, 3.05) is 11.9 Å². The summed E-state index contributed by atoms with van der Waals surface area (Å²) in [4.78, 5) is 6.81. The van der Waals surface area contributed by atoms with Gasteiger partial charge in [-0.15, -0.1) is 0 Å². The molecule has 0 spiro atoms. The topological polar surface area (TPSA) is 34.0 Å². The van der Waals surface area contributed by atoms with Crippen LogP contribution >= 0.6 is 0 Å². The molecule has 3 rings (SSSR count). The predicted octanol–water partition coefficient (Wildman–Crippen LogP) is 2.65. The van der Waals surface area contributed by atoms with E-state index in [4.69, 9.17) is 0 Å². The molecule has 0 aromatic carbocycles. The fourth-order valence-corrected chi connectivity index (χ4v) is 2.64. The van der Waals surface area contributed by atoms with Gasteiger partial charge in [0.1, 0.15) is 0 Å². The highest BCUT2D eigenvalue weighted by molar-refractivity contribution is 5.68. The molecule has 4 nitrogen and oxygen atoms in total. The van der Waals surface area contributed by atoms with E-state index in [0.717, 1.165) is 23.6 Å². The first-order valence-corrected chi connectivity index (χ1v) is 6.34. The third kappa shape index (κ3) is 1.52. The van der Waals surface area contributed by atoms with Crippen molar-refractivity contribution < 1.29 is 0 Å². The molecule has 0 aliphatic carbocycles. The molecule has 3 heterocycles. The first-order chi connectivity index (χ1) is 8.58. The SMILES string of the molecule is Cc1cc2n(n1)-c1ccnc(C(C)C)c1N(C)C2. The monoisotopic (exact) mass is 242 g/mol. The first kappa shape index (κ1) is 11.3. The summed E-state index contributed by atoms with van der Waals surface area (Å²) in [6.45, 7) is 7.29. The van der Waals surface area contributed by atoms with Crippen molar-refractivity contribution in [2.24, 2.45) is 0 Å². The Balaban J connectivity index is 2.28. The molecule has 0 radical (unpaired) electrons. The Hall–Kier alpha value is -1.84. The summed E-state index contributed by atoms with van der Waals surface area (Å²) in [6.07, 6.45) is 1.88. The van der Waals surface area contributed by atoms with Crippen molar-refractivity contribution in [3.05, 3.63) is 35.4 Å². The molecule has 1 aliphatic heterocycles. The van der Waals surface area contributed by atoms with Crippen molar-refractivity contribution in [1.29, 1.82) is 0 Å². The van der Waals surface area contributed by atoms with Gasteiger partial charge >= 0.3 is 0 Å². The van der Waals surface area contributed by atoms with E-state index >= 15 is 0 Å². The Morgan fingerprint density at radius 1 is 1.33 bits per heavy atom. The normalized spacial score (nSPS) is 13.7. The Morgan fingerprint density at radius 2 is 2.11 bits per heavy atom. The molecular formula is C14H18N4. The van der Waals surface area contributed by atoms with E-state index in [0.29, 0.717) is 5.92 Å². The second-order valence-electron chi connectivity index (χ2n) is 5.26. The Kier molecular flexibility index (Phi) is 2.40. The Labute approximate surface area is 107 Å². The van der Waals surface area contributed by atoms with Crippen molar-refractivity contribution in [3.8, 4) is 5.69 Å². The summed E-state index contributed by atoms with van der Waals surface area (Å²) < 4.78 is 2.05. The van der Waals surface area contributed by atoms with Gasteiger partial charge in [-0.1, -0.05) is 13.8 Å². The number of hydrogen-bond donors (Lipinski definition) is 0. The molecule has 1 aliphatic rings. The van der Waals surface area contributed by atoms with Crippen LogP contribution in [0.1, 0.15) is 36.8 Å². The number of rotatable bonds is 1. The lowest BCUT2D eigenvalue weighted by Crippen LogP contribution is -2.27. The maximum Gasteiger partial charge on any atom is 0.0917 e. The molecule has 0 bridgehead atoms. The molecule has 94 valence electrons.